The maximum atomic E-state index is 11.4. The number of aromatic nitrogens is 2. The van der Waals surface area contributed by atoms with Crippen LogP contribution >= 0.6 is 0 Å². The molecule has 6 heteroatoms. The Morgan fingerprint density at radius 3 is 2.89 bits per heavy atom. The van der Waals surface area contributed by atoms with Crippen molar-refractivity contribution >= 4 is 5.97 Å². The van der Waals surface area contributed by atoms with E-state index in [1.165, 1.54) is 0 Å². The molecule has 2 rings (SSSR count). The van der Waals surface area contributed by atoms with Crippen molar-refractivity contribution in [1.29, 1.82) is 0 Å². The van der Waals surface area contributed by atoms with Gasteiger partial charge in [0.15, 0.2) is 0 Å². The number of aliphatic carboxylic acids is 1. The highest BCUT2D eigenvalue weighted by molar-refractivity contribution is 5.75. The Kier molecular flexibility index (Phi) is 4.33. The predicted octanol–water partition coefficient (Wildman–Crippen LogP) is 0.751. The van der Waals surface area contributed by atoms with Gasteiger partial charge in [-0.1, -0.05) is 6.92 Å². The van der Waals surface area contributed by atoms with Crippen molar-refractivity contribution in [2.24, 2.45) is 0 Å². The van der Waals surface area contributed by atoms with Crippen molar-refractivity contribution in [3.05, 3.63) is 18.0 Å². The highest BCUT2D eigenvalue weighted by atomic mass is 16.5. The van der Waals surface area contributed by atoms with E-state index in [-0.39, 0.29) is 0 Å². The number of carboxylic acids is 1. The first-order valence-corrected chi connectivity index (χ1v) is 6.29. The molecule has 1 atom stereocenters. The summed E-state index contributed by atoms with van der Waals surface area (Å²) >= 11 is 0. The summed E-state index contributed by atoms with van der Waals surface area (Å²) in [5.74, 6) is -0.826. The van der Waals surface area contributed by atoms with Gasteiger partial charge in [0.05, 0.1) is 19.4 Å². The van der Waals surface area contributed by atoms with Crippen molar-refractivity contribution in [3.63, 3.8) is 0 Å². The van der Waals surface area contributed by atoms with Crippen molar-refractivity contribution in [1.82, 2.24) is 14.7 Å². The van der Waals surface area contributed by atoms with E-state index >= 15 is 0 Å². The quantitative estimate of drug-likeness (QED) is 0.838. The van der Waals surface area contributed by atoms with Crippen LogP contribution in [0.3, 0.4) is 0 Å². The van der Waals surface area contributed by atoms with Crippen LogP contribution in [0.4, 0.5) is 0 Å². The van der Waals surface area contributed by atoms with Gasteiger partial charge in [0.25, 0.3) is 0 Å². The topological polar surface area (TPSA) is 67.6 Å². The number of carboxylic acid groups (broad SMARTS) is 1. The van der Waals surface area contributed by atoms with E-state index in [4.69, 9.17) is 4.74 Å². The fourth-order valence-corrected chi connectivity index (χ4v) is 2.22. The molecule has 1 unspecified atom stereocenters. The molecule has 1 aliphatic heterocycles. The Bertz CT molecular complexity index is 399. The Morgan fingerprint density at radius 1 is 1.56 bits per heavy atom. The lowest BCUT2D eigenvalue weighted by molar-refractivity contribution is -0.145. The summed E-state index contributed by atoms with van der Waals surface area (Å²) in [5.41, 5.74) is 0.748. The number of aryl methyl sites for hydroxylation is 1. The maximum absolute atomic E-state index is 11.4. The van der Waals surface area contributed by atoms with Crippen LogP contribution in [0.15, 0.2) is 12.4 Å². The highest BCUT2D eigenvalue weighted by Gasteiger charge is 2.29. The average molecular weight is 253 g/mol. The lowest BCUT2D eigenvalue weighted by Gasteiger charge is -2.31. The normalized spacial score (nSPS) is 18.7. The first kappa shape index (κ1) is 13.0. The lowest BCUT2D eigenvalue weighted by atomic mass is 10.1. The molecule has 0 saturated carbocycles. The van der Waals surface area contributed by atoms with Gasteiger partial charge in [-0.15, -0.1) is 0 Å². The van der Waals surface area contributed by atoms with Gasteiger partial charge in [0.2, 0.25) is 0 Å². The molecule has 0 bridgehead atoms. The van der Waals surface area contributed by atoms with Crippen LogP contribution in [0, 0.1) is 0 Å². The number of rotatable bonds is 5. The van der Waals surface area contributed by atoms with Crippen LogP contribution in [-0.4, -0.2) is 52.1 Å². The van der Waals surface area contributed by atoms with Gasteiger partial charge in [-0.05, 0) is 6.42 Å². The number of ether oxygens (including phenoxy) is 1. The molecule has 0 amide bonds. The Balaban J connectivity index is 2.14. The van der Waals surface area contributed by atoms with Crippen molar-refractivity contribution in [2.75, 3.05) is 26.3 Å². The number of hydrogen-bond acceptors (Lipinski definition) is 4. The molecule has 0 aromatic carbocycles. The maximum Gasteiger partial charge on any atom is 0.325 e. The second kappa shape index (κ2) is 5.97. The SMILES string of the molecule is CCCn1cc(C(C(=O)O)N2CCOCC2)cn1. The molecule has 2 heterocycles. The molecule has 0 spiro atoms. The highest BCUT2D eigenvalue weighted by Crippen LogP contribution is 2.21. The summed E-state index contributed by atoms with van der Waals surface area (Å²) in [6.45, 7) is 5.36. The zero-order valence-corrected chi connectivity index (χ0v) is 10.6. The largest absolute Gasteiger partial charge is 0.480 e. The predicted molar refractivity (Wildman–Crippen MR) is 65.3 cm³/mol. The number of hydrogen-bond donors (Lipinski definition) is 1. The Hall–Kier alpha value is -1.40. The first-order chi connectivity index (χ1) is 8.72. The van der Waals surface area contributed by atoms with Gasteiger partial charge >= 0.3 is 5.97 Å². The molecule has 100 valence electrons. The third-order valence-electron chi connectivity index (χ3n) is 3.07. The molecule has 1 aliphatic rings. The van der Waals surface area contributed by atoms with Gasteiger partial charge in [0, 0.05) is 31.4 Å². The third kappa shape index (κ3) is 2.88. The van der Waals surface area contributed by atoms with E-state index in [9.17, 15) is 9.90 Å². The van der Waals surface area contributed by atoms with Crippen LogP contribution < -0.4 is 0 Å². The molecule has 0 aliphatic carbocycles. The minimum absolute atomic E-state index is 0.590. The van der Waals surface area contributed by atoms with E-state index in [0.717, 1.165) is 18.5 Å². The van der Waals surface area contributed by atoms with Crippen molar-refractivity contribution < 1.29 is 14.6 Å². The van der Waals surface area contributed by atoms with Crippen LogP contribution in [-0.2, 0) is 16.1 Å². The summed E-state index contributed by atoms with van der Waals surface area (Å²) in [4.78, 5) is 13.4. The number of carbonyl (C=O) groups is 1. The van der Waals surface area contributed by atoms with Crippen LogP contribution in [0.2, 0.25) is 0 Å². The first-order valence-electron chi connectivity index (χ1n) is 6.29. The molecular formula is C12H19N3O3. The summed E-state index contributed by atoms with van der Waals surface area (Å²) in [6.07, 6.45) is 4.47. The molecule has 1 fully saturated rings. The van der Waals surface area contributed by atoms with Crippen LogP contribution in [0.25, 0.3) is 0 Å². The lowest BCUT2D eigenvalue weighted by Crippen LogP contribution is -2.42. The number of morpholine rings is 1. The monoisotopic (exact) mass is 253 g/mol. The number of nitrogens with zero attached hydrogens (tertiary/aromatic N) is 3. The summed E-state index contributed by atoms with van der Waals surface area (Å²) in [7, 11) is 0. The molecule has 1 N–H and O–H groups in total. The van der Waals surface area contributed by atoms with E-state index in [2.05, 4.69) is 12.0 Å². The molecule has 1 aromatic rings. The smallest absolute Gasteiger partial charge is 0.325 e. The summed E-state index contributed by atoms with van der Waals surface area (Å²) in [6, 6.07) is -0.612. The second-order valence-corrected chi connectivity index (χ2v) is 4.43. The van der Waals surface area contributed by atoms with E-state index in [0.29, 0.717) is 26.3 Å². The molecule has 6 nitrogen and oxygen atoms in total. The minimum Gasteiger partial charge on any atom is -0.480 e. The van der Waals surface area contributed by atoms with E-state index in [1.807, 2.05) is 11.1 Å². The second-order valence-electron chi connectivity index (χ2n) is 4.43. The fraction of sp³-hybridized carbons (Fsp3) is 0.667. The Labute approximate surface area is 106 Å². The van der Waals surface area contributed by atoms with Crippen molar-refractivity contribution in [3.8, 4) is 0 Å². The summed E-state index contributed by atoms with van der Waals surface area (Å²) < 4.78 is 7.05. The minimum atomic E-state index is -0.826. The van der Waals surface area contributed by atoms with Crippen LogP contribution in [0.1, 0.15) is 24.9 Å². The standard InChI is InChI=1S/C12H19N3O3/c1-2-3-15-9-10(8-13-15)11(12(16)17)14-4-6-18-7-5-14/h8-9,11H,2-7H2,1H3,(H,16,17). The van der Waals surface area contributed by atoms with Gasteiger partial charge < -0.3 is 9.84 Å². The summed E-state index contributed by atoms with van der Waals surface area (Å²) in [5, 5.41) is 13.6. The average Bonchev–Trinajstić information content (AvgIpc) is 2.79. The van der Waals surface area contributed by atoms with Gasteiger partial charge in [0.1, 0.15) is 6.04 Å². The molecule has 1 aromatic heterocycles. The van der Waals surface area contributed by atoms with Crippen molar-refractivity contribution in [2.45, 2.75) is 25.9 Å². The zero-order chi connectivity index (χ0) is 13.0. The van der Waals surface area contributed by atoms with Gasteiger partial charge in [-0.2, -0.15) is 5.10 Å². The molecule has 18 heavy (non-hydrogen) atoms. The van der Waals surface area contributed by atoms with Gasteiger partial charge in [-0.25, -0.2) is 0 Å². The Morgan fingerprint density at radius 2 is 2.28 bits per heavy atom. The van der Waals surface area contributed by atoms with E-state index in [1.54, 1.807) is 10.9 Å². The zero-order valence-electron chi connectivity index (χ0n) is 10.6. The molecular weight excluding hydrogens is 234 g/mol. The van der Waals surface area contributed by atoms with E-state index < -0.39 is 12.0 Å². The third-order valence-corrected chi connectivity index (χ3v) is 3.07. The molecule has 0 radical (unpaired) electrons. The van der Waals surface area contributed by atoms with Crippen LogP contribution in [0.5, 0.6) is 0 Å². The van der Waals surface area contributed by atoms with Gasteiger partial charge in [-0.3, -0.25) is 14.4 Å². The molecule has 1 saturated heterocycles. The fourth-order valence-electron chi connectivity index (χ4n) is 2.22.